The van der Waals surface area contributed by atoms with Crippen molar-refractivity contribution in [3.8, 4) is 5.75 Å². The summed E-state index contributed by atoms with van der Waals surface area (Å²) in [6.07, 6.45) is 3.66. The van der Waals surface area contributed by atoms with Crippen LogP contribution in [0.15, 0.2) is 23.2 Å². The van der Waals surface area contributed by atoms with Crippen LogP contribution in [0, 0.1) is 17.6 Å². The molecule has 1 aliphatic carbocycles. The Balaban J connectivity index is 1.84. The van der Waals surface area contributed by atoms with Crippen molar-refractivity contribution in [3.63, 3.8) is 0 Å². The van der Waals surface area contributed by atoms with Gasteiger partial charge in [-0.15, -0.1) is 0 Å². The SMILES string of the molecule is CCNC(=NCCOc1ccc(F)c(F)c1)NC1CCCC(C(=O)NC(C)C)C1. The molecule has 1 amide bonds. The smallest absolute Gasteiger partial charge is 0.223 e. The molecule has 2 unspecified atom stereocenters. The number of ether oxygens (including phenoxy) is 1. The van der Waals surface area contributed by atoms with Gasteiger partial charge in [-0.25, -0.2) is 13.8 Å². The van der Waals surface area contributed by atoms with E-state index in [1.54, 1.807) is 0 Å². The maximum absolute atomic E-state index is 13.2. The van der Waals surface area contributed by atoms with E-state index in [-0.39, 0.29) is 36.3 Å². The molecule has 3 N–H and O–H groups in total. The average molecular weight is 411 g/mol. The van der Waals surface area contributed by atoms with E-state index in [1.807, 2.05) is 20.8 Å². The van der Waals surface area contributed by atoms with E-state index in [0.717, 1.165) is 37.8 Å². The first-order valence-electron chi connectivity index (χ1n) is 10.3. The highest BCUT2D eigenvalue weighted by Gasteiger charge is 2.27. The molecule has 2 rings (SSSR count). The van der Waals surface area contributed by atoms with E-state index < -0.39 is 11.6 Å². The summed E-state index contributed by atoms with van der Waals surface area (Å²) in [6.45, 7) is 7.22. The Bertz CT molecular complexity index is 697. The van der Waals surface area contributed by atoms with Crippen LogP contribution in [0.2, 0.25) is 0 Å². The third-order valence-electron chi connectivity index (χ3n) is 4.68. The summed E-state index contributed by atoms with van der Waals surface area (Å²) in [5.74, 6) is -0.771. The molecule has 1 aliphatic rings. The number of guanidine groups is 1. The van der Waals surface area contributed by atoms with Gasteiger partial charge in [0.25, 0.3) is 0 Å². The fourth-order valence-corrected chi connectivity index (χ4v) is 3.36. The van der Waals surface area contributed by atoms with Crippen LogP contribution in [0.1, 0.15) is 46.5 Å². The van der Waals surface area contributed by atoms with Crippen molar-refractivity contribution in [3.05, 3.63) is 29.8 Å². The predicted molar refractivity (Wildman–Crippen MR) is 110 cm³/mol. The lowest BCUT2D eigenvalue weighted by Gasteiger charge is -2.30. The number of carbonyl (C=O) groups is 1. The van der Waals surface area contributed by atoms with Crippen LogP contribution in [0.25, 0.3) is 0 Å². The van der Waals surface area contributed by atoms with Gasteiger partial charge in [0, 0.05) is 30.6 Å². The van der Waals surface area contributed by atoms with Crippen LogP contribution >= 0.6 is 0 Å². The number of amides is 1. The van der Waals surface area contributed by atoms with Crippen LogP contribution < -0.4 is 20.7 Å². The van der Waals surface area contributed by atoms with Crippen molar-refractivity contribution >= 4 is 11.9 Å². The molecule has 2 atom stereocenters. The highest BCUT2D eigenvalue weighted by atomic mass is 19.2. The Hall–Kier alpha value is -2.38. The second-order valence-electron chi connectivity index (χ2n) is 7.55. The number of aliphatic imine (C=N–C) groups is 1. The molecule has 29 heavy (non-hydrogen) atoms. The highest BCUT2D eigenvalue weighted by molar-refractivity contribution is 5.81. The molecule has 0 radical (unpaired) electrons. The van der Waals surface area contributed by atoms with Gasteiger partial charge < -0.3 is 20.7 Å². The fraction of sp³-hybridized carbons (Fsp3) is 0.619. The van der Waals surface area contributed by atoms with Crippen LogP contribution in [-0.2, 0) is 4.79 Å². The van der Waals surface area contributed by atoms with E-state index in [2.05, 4.69) is 20.9 Å². The lowest BCUT2D eigenvalue weighted by Crippen LogP contribution is -2.47. The Kier molecular flexibility index (Phi) is 9.15. The highest BCUT2D eigenvalue weighted by Crippen LogP contribution is 2.24. The number of halogens is 2. The van der Waals surface area contributed by atoms with Crippen molar-refractivity contribution in [2.24, 2.45) is 10.9 Å². The predicted octanol–water partition coefficient (Wildman–Crippen LogP) is 2.98. The van der Waals surface area contributed by atoms with Crippen molar-refractivity contribution in [1.82, 2.24) is 16.0 Å². The molecule has 6 nitrogen and oxygen atoms in total. The number of nitrogens with zero attached hydrogens (tertiary/aromatic N) is 1. The molecule has 1 aromatic carbocycles. The van der Waals surface area contributed by atoms with Crippen molar-refractivity contribution in [2.75, 3.05) is 19.7 Å². The molecule has 1 aromatic rings. The summed E-state index contributed by atoms with van der Waals surface area (Å²) >= 11 is 0. The van der Waals surface area contributed by atoms with Gasteiger partial charge in [0.15, 0.2) is 17.6 Å². The maximum Gasteiger partial charge on any atom is 0.223 e. The zero-order valence-corrected chi connectivity index (χ0v) is 17.4. The van der Waals surface area contributed by atoms with E-state index >= 15 is 0 Å². The second kappa shape index (κ2) is 11.6. The lowest BCUT2D eigenvalue weighted by atomic mass is 9.85. The van der Waals surface area contributed by atoms with E-state index in [1.165, 1.54) is 6.07 Å². The summed E-state index contributed by atoms with van der Waals surface area (Å²) < 4.78 is 31.6. The minimum absolute atomic E-state index is 0.0169. The first kappa shape index (κ1) is 22.9. The molecule has 0 heterocycles. The number of benzene rings is 1. The van der Waals surface area contributed by atoms with Gasteiger partial charge in [0.2, 0.25) is 5.91 Å². The van der Waals surface area contributed by atoms with Crippen LogP contribution in [0.5, 0.6) is 5.75 Å². The molecular formula is C21H32F2N4O2. The van der Waals surface area contributed by atoms with Gasteiger partial charge in [-0.1, -0.05) is 6.42 Å². The number of hydrogen-bond donors (Lipinski definition) is 3. The molecule has 1 saturated carbocycles. The van der Waals surface area contributed by atoms with Crippen LogP contribution in [-0.4, -0.2) is 43.6 Å². The monoisotopic (exact) mass is 410 g/mol. The minimum Gasteiger partial charge on any atom is -0.492 e. The van der Waals surface area contributed by atoms with Gasteiger partial charge in [-0.2, -0.15) is 0 Å². The molecule has 162 valence electrons. The average Bonchev–Trinajstić information content (AvgIpc) is 2.67. The quantitative estimate of drug-likeness (QED) is 0.350. The lowest BCUT2D eigenvalue weighted by molar-refractivity contribution is -0.126. The number of hydrogen-bond acceptors (Lipinski definition) is 3. The zero-order valence-electron chi connectivity index (χ0n) is 17.4. The van der Waals surface area contributed by atoms with E-state index in [9.17, 15) is 13.6 Å². The van der Waals surface area contributed by atoms with E-state index in [0.29, 0.717) is 19.0 Å². The van der Waals surface area contributed by atoms with Crippen molar-refractivity contribution < 1.29 is 18.3 Å². The number of rotatable bonds is 8. The molecule has 0 bridgehead atoms. The summed E-state index contributed by atoms with van der Waals surface area (Å²) in [5.41, 5.74) is 0. The van der Waals surface area contributed by atoms with Gasteiger partial charge in [-0.05, 0) is 52.2 Å². The summed E-state index contributed by atoms with van der Waals surface area (Å²) in [4.78, 5) is 16.8. The number of nitrogens with one attached hydrogen (secondary N) is 3. The molecule has 1 fully saturated rings. The molecule has 0 saturated heterocycles. The standard InChI is InChI=1S/C21H32F2N4O2/c1-4-24-21(25-10-11-29-17-8-9-18(22)19(23)13-17)27-16-7-5-6-15(12-16)20(28)26-14(2)3/h8-9,13-16H,4-7,10-12H2,1-3H3,(H,26,28)(H2,24,25,27). The maximum atomic E-state index is 13.2. The number of carbonyl (C=O) groups excluding carboxylic acids is 1. The molecular weight excluding hydrogens is 378 g/mol. The van der Waals surface area contributed by atoms with Gasteiger partial charge >= 0.3 is 0 Å². The van der Waals surface area contributed by atoms with Crippen LogP contribution in [0.4, 0.5) is 8.78 Å². The third kappa shape index (κ3) is 7.87. The van der Waals surface area contributed by atoms with E-state index in [4.69, 9.17) is 4.74 Å². The Morgan fingerprint density at radius 3 is 2.76 bits per heavy atom. The Morgan fingerprint density at radius 1 is 1.28 bits per heavy atom. The van der Waals surface area contributed by atoms with Crippen molar-refractivity contribution in [1.29, 1.82) is 0 Å². The Morgan fingerprint density at radius 2 is 2.07 bits per heavy atom. The van der Waals surface area contributed by atoms with Crippen LogP contribution in [0.3, 0.4) is 0 Å². The molecule has 0 spiro atoms. The summed E-state index contributed by atoms with van der Waals surface area (Å²) in [6, 6.07) is 3.76. The second-order valence-corrected chi connectivity index (χ2v) is 7.55. The van der Waals surface area contributed by atoms with Crippen molar-refractivity contribution in [2.45, 2.75) is 58.5 Å². The van der Waals surface area contributed by atoms with Gasteiger partial charge in [-0.3, -0.25) is 4.79 Å². The largest absolute Gasteiger partial charge is 0.492 e. The molecule has 0 aromatic heterocycles. The normalized spacial score (nSPS) is 19.7. The zero-order chi connectivity index (χ0) is 21.2. The van der Waals surface area contributed by atoms with Gasteiger partial charge in [0.05, 0.1) is 6.54 Å². The van der Waals surface area contributed by atoms with Gasteiger partial charge in [0.1, 0.15) is 12.4 Å². The fourth-order valence-electron chi connectivity index (χ4n) is 3.36. The minimum atomic E-state index is -0.936. The topological polar surface area (TPSA) is 74.8 Å². The summed E-state index contributed by atoms with van der Waals surface area (Å²) in [7, 11) is 0. The molecule has 8 heteroatoms. The third-order valence-corrected chi connectivity index (χ3v) is 4.68. The Labute approximate surface area is 171 Å². The first-order valence-corrected chi connectivity index (χ1v) is 10.3. The molecule has 0 aliphatic heterocycles. The summed E-state index contributed by atoms with van der Waals surface area (Å²) in [5, 5.41) is 9.60. The first-order chi connectivity index (χ1) is 13.9.